The van der Waals surface area contributed by atoms with Gasteiger partial charge in [0.05, 0.1) is 11.2 Å². The minimum Gasteiger partial charge on any atom is -0.225 e. The maximum atomic E-state index is 4.38. The van der Waals surface area contributed by atoms with Crippen LogP contribution in [-0.4, -0.2) is 11.2 Å². The first-order valence-electron chi connectivity index (χ1n) is 2.17. The van der Waals surface area contributed by atoms with E-state index in [4.69, 9.17) is 0 Å². The van der Waals surface area contributed by atoms with E-state index in [2.05, 4.69) is 28.4 Å². The summed E-state index contributed by atoms with van der Waals surface area (Å²) < 4.78 is 0. The van der Waals surface area contributed by atoms with Gasteiger partial charge in [-0.25, -0.2) is 4.99 Å². The van der Waals surface area contributed by atoms with Crippen LogP contribution in [0, 0.1) is 0 Å². The van der Waals surface area contributed by atoms with E-state index in [9.17, 15) is 0 Å². The molecule has 0 fully saturated rings. The molecule has 0 bridgehead atoms. The quantitative estimate of drug-likeness (QED) is 0.283. The van der Waals surface area contributed by atoms with E-state index in [1.54, 1.807) is 0 Å². The standard InChI is InChI=1S/C5H5NS/c7-4-6-5-2-1-3-5/h1-2,5H,3H2. The molecule has 1 rings (SSSR count). The van der Waals surface area contributed by atoms with Crippen molar-refractivity contribution >= 4 is 17.4 Å². The molecule has 0 aliphatic heterocycles. The summed E-state index contributed by atoms with van der Waals surface area (Å²) in [4.78, 5) is 3.81. The fourth-order valence-corrected chi connectivity index (χ4v) is 0.557. The molecule has 0 amide bonds. The van der Waals surface area contributed by atoms with E-state index in [0.29, 0.717) is 6.04 Å². The number of hydrogen-bond donors (Lipinski definition) is 0. The first kappa shape index (κ1) is 4.69. The molecule has 0 heterocycles. The lowest BCUT2D eigenvalue weighted by atomic mass is 10.1. The third-order valence-corrected chi connectivity index (χ3v) is 1.06. The molecule has 36 valence electrons. The summed E-state index contributed by atoms with van der Waals surface area (Å²) in [5.41, 5.74) is 0. The monoisotopic (exact) mass is 111 g/mol. The Morgan fingerprint density at radius 3 is 2.71 bits per heavy atom. The molecule has 0 saturated carbocycles. The summed E-state index contributed by atoms with van der Waals surface area (Å²) in [5.74, 6) is 0. The molecule has 1 unspecified atom stereocenters. The lowest BCUT2D eigenvalue weighted by molar-refractivity contribution is 0.778. The lowest BCUT2D eigenvalue weighted by Crippen LogP contribution is -2.04. The highest BCUT2D eigenvalue weighted by molar-refractivity contribution is 7.78. The zero-order valence-corrected chi connectivity index (χ0v) is 4.61. The van der Waals surface area contributed by atoms with Gasteiger partial charge in [-0.1, -0.05) is 12.2 Å². The van der Waals surface area contributed by atoms with Gasteiger partial charge >= 0.3 is 0 Å². The predicted octanol–water partition coefficient (Wildman–Crippen LogP) is 1.42. The van der Waals surface area contributed by atoms with Gasteiger partial charge in [-0.15, -0.1) is 0 Å². The van der Waals surface area contributed by atoms with Crippen LogP contribution in [0.5, 0.6) is 0 Å². The van der Waals surface area contributed by atoms with Crippen LogP contribution in [0.25, 0.3) is 0 Å². The summed E-state index contributed by atoms with van der Waals surface area (Å²) >= 11 is 4.38. The molecule has 0 aromatic heterocycles. The molecule has 1 aliphatic rings. The molecule has 0 N–H and O–H groups in total. The zero-order chi connectivity index (χ0) is 5.11. The number of thiocarbonyl (C=S) groups is 1. The number of isothiocyanates is 1. The Kier molecular flexibility index (Phi) is 1.35. The Morgan fingerprint density at radius 2 is 2.57 bits per heavy atom. The number of rotatable bonds is 1. The second kappa shape index (κ2) is 2.01. The summed E-state index contributed by atoms with van der Waals surface area (Å²) in [5, 5.41) is 2.33. The van der Waals surface area contributed by atoms with Gasteiger partial charge in [-0.3, -0.25) is 0 Å². The van der Waals surface area contributed by atoms with Crippen molar-refractivity contribution in [3.8, 4) is 0 Å². The van der Waals surface area contributed by atoms with Gasteiger partial charge in [-0.2, -0.15) is 0 Å². The normalized spacial score (nSPS) is 25.4. The highest BCUT2D eigenvalue weighted by Crippen LogP contribution is 2.09. The van der Waals surface area contributed by atoms with Gasteiger partial charge in [0.25, 0.3) is 0 Å². The van der Waals surface area contributed by atoms with Crippen LogP contribution in [0.15, 0.2) is 17.1 Å². The largest absolute Gasteiger partial charge is 0.225 e. The Hall–Kier alpha value is -0.460. The van der Waals surface area contributed by atoms with Crippen LogP contribution < -0.4 is 0 Å². The van der Waals surface area contributed by atoms with Crippen LogP contribution >= 0.6 is 12.2 Å². The van der Waals surface area contributed by atoms with E-state index in [-0.39, 0.29) is 0 Å². The van der Waals surface area contributed by atoms with Gasteiger partial charge in [0, 0.05) is 0 Å². The molecule has 0 spiro atoms. The Morgan fingerprint density at radius 1 is 1.86 bits per heavy atom. The summed E-state index contributed by atoms with van der Waals surface area (Å²) in [6.07, 6.45) is 5.13. The Balaban J connectivity index is 2.44. The topological polar surface area (TPSA) is 12.4 Å². The molecule has 0 radical (unpaired) electrons. The van der Waals surface area contributed by atoms with Gasteiger partial charge in [-0.05, 0) is 18.6 Å². The Bertz CT molecular complexity index is 133. The lowest BCUT2D eigenvalue weighted by Gasteiger charge is -2.08. The number of nitrogens with zero attached hydrogens (tertiary/aromatic N) is 1. The zero-order valence-electron chi connectivity index (χ0n) is 3.79. The van der Waals surface area contributed by atoms with E-state index in [1.807, 2.05) is 6.08 Å². The van der Waals surface area contributed by atoms with Crippen molar-refractivity contribution in [2.24, 2.45) is 4.99 Å². The smallest absolute Gasteiger partial charge is 0.0817 e. The molecule has 1 aliphatic carbocycles. The third-order valence-electron chi connectivity index (χ3n) is 0.954. The second-order valence-electron chi connectivity index (χ2n) is 1.45. The third kappa shape index (κ3) is 0.952. The van der Waals surface area contributed by atoms with E-state index in [1.165, 1.54) is 0 Å². The van der Waals surface area contributed by atoms with Crippen molar-refractivity contribution < 1.29 is 0 Å². The van der Waals surface area contributed by atoms with Gasteiger partial charge in [0.15, 0.2) is 0 Å². The molecule has 0 saturated heterocycles. The maximum absolute atomic E-state index is 4.38. The maximum Gasteiger partial charge on any atom is 0.0817 e. The Labute approximate surface area is 47.8 Å². The van der Waals surface area contributed by atoms with Crippen molar-refractivity contribution in [2.45, 2.75) is 12.5 Å². The van der Waals surface area contributed by atoms with Gasteiger partial charge in [0.1, 0.15) is 0 Å². The van der Waals surface area contributed by atoms with E-state index < -0.39 is 0 Å². The molecule has 2 heteroatoms. The molecule has 7 heavy (non-hydrogen) atoms. The van der Waals surface area contributed by atoms with Crippen molar-refractivity contribution in [3.63, 3.8) is 0 Å². The molecule has 0 aromatic rings. The fraction of sp³-hybridized carbons (Fsp3) is 0.400. The average molecular weight is 111 g/mol. The average Bonchev–Trinajstić information content (AvgIpc) is 1.55. The molecule has 0 aromatic carbocycles. The minimum absolute atomic E-state index is 0.359. The van der Waals surface area contributed by atoms with Crippen molar-refractivity contribution in [1.82, 2.24) is 0 Å². The highest BCUT2D eigenvalue weighted by atomic mass is 32.1. The minimum atomic E-state index is 0.359. The van der Waals surface area contributed by atoms with Crippen molar-refractivity contribution in [2.75, 3.05) is 0 Å². The van der Waals surface area contributed by atoms with E-state index in [0.717, 1.165) is 6.42 Å². The van der Waals surface area contributed by atoms with Gasteiger partial charge in [0.2, 0.25) is 0 Å². The number of hydrogen-bond acceptors (Lipinski definition) is 2. The van der Waals surface area contributed by atoms with E-state index >= 15 is 0 Å². The first-order chi connectivity index (χ1) is 3.43. The van der Waals surface area contributed by atoms with Crippen molar-refractivity contribution in [3.05, 3.63) is 12.2 Å². The van der Waals surface area contributed by atoms with Gasteiger partial charge < -0.3 is 0 Å². The molecular weight excluding hydrogens is 106 g/mol. The predicted molar refractivity (Wildman–Crippen MR) is 32.6 cm³/mol. The van der Waals surface area contributed by atoms with Crippen LogP contribution in [-0.2, 0) is 0 Å². The second-order valence-corrected chi connectivity index (χ2v) is 1.63. The summed E-state index contributed by atoms with van der Waals surface area (Å²) in [7, 11) is 0. The summed E-state index contributed by atoms with van der Waals surface area (Å²) in [6, 6.07) is 0.359. The highest BCUT2D eigenvalue weighted by Gasteiger charge is 2.04. The van der Waals surface area contributed by atoms with Crippen LogP contribution in [0.3, 0.4) is 0 Å². The van der Waals surface area contributed by atoms with Crippen molar-refractivity contribution in [1.29, 1.82) is 0 Å². The van der Waals surface area contributed by atoms with Crippen LogP contribution in [0.2, 0.25) is 0 Å². The summed E-state index contributed by atoms with van der Waals surface area (Å²) in [6.45, 7) is 0. The molecule has 1 atom stereocenters. The van der Waals surface area contributed by atoms with Crippen LogP contribution in [0.4, 0.5) is 0 Å². The SMILES string of the molecule is S=C=NC1C=CC1. The first-order valence-corrected chi connectivity index (χ1v) is 2.58. The molecular formula is C5H5NS. The van der Waals surface area contributed by atoms with Crippen LogP contribution in [0.1, 0.15) is 6.42 Å². The number of aliphatic imine (C=N–C) groups is 1. The molecule has 1 nitrogen and oxygen atoms in total. The fourth-order valence-electron chi connectivity index (χ4n) is 0.421.